The Balaban J connectivity index is 1.55. The fourth-order valence-electron chi connectivity index (χ4n) is 3.35. The van der Waals surface area contributed by atoms with Gasteiger partial charge in [0.15, 0.2) is 5.82 Å². The van der Waals surface area contributed by atoms with E-state index in [-0.39, 0.29) is 0 Å². The molecule has 0 bridgehead atoms. The lowest BCUT2D eigenvalue weighted by Crippen LogP contribution is -2.23. The fraction of sp³-hybridized carbons (Fsp3) is 0.200. The van der Waals surface area contributed by atoms with Crippen LogP contribution in [0.2, 0.25) is 0 Å². The van der Waals surface area contributed by atoms with E-state index in [1.807, 2.05) is 42.5 Å². The first-order valence-corrected chi connectivity index (χ1v) is 8.98. The summed E-state index contributed by atoms with van der Waals surface area (Å²) in [6.45, 7) is 0.782. The van der Waals surface area contributed by atoms with E-state index >= 15 is 0 Å². The molecule has 5 rings (SSSR count). The summed E-state index contributed by atoms with van der Waals surface area (Å²) in [6, 6.07) is 14.0. The number of hydrogen-bond acceptors (Lipinski definition) is 4. The molecule has 2 N–H and O–H groups in total. The van der Waals surface area contributed by atoms with Gasteiger partial charge in [-0.15, -0.1) is 0 Å². The lowest BCUT2D eigenvalue weighted by atomic mass is 10.0. The first-order chi connectivity index (χ1) is 13.3. The number of anilines is 1. The van der Waals surface area contributed by atoms with Crippen molar-refractivity contribution < 1.29 is 4.79 Å². The second-order valence-corrected chi connectivity index (χ2v) is 6.92. The van der Waals surface area contributed by atoms with Crippen LogP contribution in [0.3, 0.4) is 0 Å². The van der Waals surface area contributed by atoms with Gasteiger partial charge < -0.3 is 4.90 Å². The molecule has 0 saturated heterocycles. The Kier molecular flexibility index (Phi) is 3.71. The number of amides is 1. The molecule has 0 radical (unpaired) electrons. The van der Waals surface area contributed by atoms with E-state index in [9.17, 15) is 4.79 Å². The van der Waals surface area contributed by atoms with Crippen molar-refractivity contribution >= 4 is 23.0 Å². The van der Waals surface area contributed by atoms with Gasteiger partial charge in [0.2, 0.25) is 6.41 Å². The molecular formula is C20H18N6O. The first kappa shape index (κ1) is 15.7. The van der Waals surface area contributed by atoms with Crippen molar-refractivity contribution in [2.75, 3.05) is 11.4 Å². The van der Waals surface area contributed by atoms with Crippen molar-refractivity contribution in [1.82, 2.24) is 25.4 Å². The monoisotopic (exact) mass is 358 g/mol. The maximum absolute atomic E-state index is 11.5. The highest BCUT2D eigenvalue weighted by Gasteiger charge is 2.24. The lowest BCUT2D eigenvalue weighted by Gasteiger charge is -2.17. The van der Waals surface area contributed by atoms with Crippen LogP contribution in [0.15, 0.2) is 48.8 Å². The summed E-state index contributed by atoms with van der Waals surface area (Å²) in [4.78, 5) is 17.5. The molecule has 2 aromatic carbocycles. The average Bonchev–Trinajstić information content (AvgIpc) is 3.19. The Morgan fingerprint density at radius 3 is 2.81 bits per heavy atom. The van der Waals surface area contributed by atoms with Crippen LogP contribution in [0, 0.1) is 5.92 Å². The minimum atomic E-state index is 0.634. The van der Waals surface area contributed by atoms with E-state index in [1.54, 1.807) is 4.90 Å². The molecule has 134 valence electrons. The standard InChI is InChI=1S/C20H18N6O/c27-12-26(10-13-4-5-13)16-3-1-2-14(8-16)19-17-9-15(20-21-11-22-25-20)6-7-18(17)23-24-19/h1-3,6-9,11-13H,4-5,10H2,(H,23,24)(H,21,22,25). The molecule has 2 heterocycles. The molecule has 7 heteroatoms. The molecule has 1 amide bonds. The highest BCUT2D eigenvalue weighted by atomic mass is 16.1. The van der Waals surface area contributed by atoms with E-state index in [0.29, 0.717) is 5.92 Å². The second kappa shape index (κ2) is 6.35. The summed E-state index contributed by atoms with van der Waals surface area (Å²) in [5, 5.41) is 15.4. The van der Waals surface area contributed by atoms with Gasteiger partial charge in [0.25, 0.3) is 0 Å². The van der Waals surface area contributed by atoms with Gasteiger partial charge in [0.1, 0.15) is 6.33 Å². The van der Waals surface area contributed by atoms with Gasteiger partial charge >= 0.3 is 0 Å². The lowest BCUT2D eigenvalue weighted by molar-refractivity contribution is -0.107. The summed E-state index contributed by atoms with van der Waals surface area (Å²) < 4.78 is 0. The van der Waals surface area contributed by atoms with Crippen molar-refractivity contribution in [3.05, 3.63) is 48.8 Å². The molecule has 1 aliphatic carbocycles. The molecule has 0 spiro atoms. The van der Waals surface area contributed by atoms with Crippen LogP contribution in [-0.2, 0) is 4.79 Å². The molecule has 0 aliphatic heterocycles. The van der Waals surface area contributed by atoms with Crippen LogP contribution in [0.1, 0.15) is 12.8 Å². The Hall–Kier alpha value is -3.48. The number of carbonyl (C=O) groups excluding carboxylic acids is 1. The van der Waals surface area contributed by atoms with Crippen LogP contribution in [-0.4, -0.2) is 38.3 Å². The van der Waals surface area contributed by atoms with Gasteiger partial charge in [0, 0.05) is 28.7 Å². The van der Waals surface area contributed by atoms with E-state index in [2.05, 4.69) is 25.4 Å². The van der Waals surface area contributed by atoms with Crippen molar-refractivity contribution in [2.45, 2.75) is 12.8 Å². The van der Waals surface area contributed by atoms with Crippen molar-refractivity contribution in [1.29, 1.82) is 0 Å². The Morgan fingerprint density at radius 1 is 1.11 bits per heavy atom. The van der Waals surface area contributed by atoms with E-state index in [1.165, 1.54) is 19.2 Å². The van der Waals surface area contributed by atoms with Gasteiger partial charge in [-0.2, -0.15) is 10.2 Å². The largest absolute Gasteiger partial charge is 0.315 e. The number of aromatic amines is 2. The number of nitrogens with zero attached hydrogens (tertiary/aromatic N) is 4. The van der Waals surface area contributed by atoms with Crippen LogP contribution < -0.4 is 4.90 Å². The number of H-pyrrole nitrogens is 2. The Bertz CT molecular complexity index is 1100. The predicted octanol–water partition coefficient (Wildman–Crippen LogP) is 3.39. The summed E-state index contributed by atoms with van der Waals surface area (Å²) >= 11 is 0. The molecule has 1 saturated carbocycles. The summed E-state index contributed by atoms with van der Waals surface area (Å²) in [6.07, 6.45) is 4.83. The van der Waals surface area contributed by atoms with Gasteiger partial charge in [-0.05, 0) is 49.1 Å². The molecule has 0 atom stereocenters. The zero-order chi connectivity index (χ0) is 18.2. The third-order valence-corrected chi connectivity index (χ3v) is 4.98. The molecule has 1 aliphatic rings. The number of aromatic nitrogens is 5. The van der Waals surface area contributed by atoms with Gasteiger partial charge in [-0.1, -0.05) is 12.1 Å². The smallest absolute Gasteiger partial charge is 0.214 e. The fourth-order valence-corrected chi connectivity index (χ4v) is 3.35. The van der Waals surface area contributed by atoms with Gasteiger partial charge in [-0.3, -0.25) is 15.0 Å². The highest BCUT2D eigenvalue weighted by Crippen LogP contribution is 2.33. The van der Waals surface area contributed by atoms with Crippen molar-refractivity contribution in [2.24, 2.45) is 5.92 Å². The molecule has 7 nitrogen and oxygen atoms in total. The van der Waals surface area contributed by atoms with Crippen LogP contribution >= 0.6 is 0 Å². The number of nitrogens with one attached hydrogen (secondary N) is 2. The summed E-state index contributed by atoms with van der Waals surface area (Å²) in [7, 11) is 0. The zero-order valence-electron chi connectivity index (χ0n) is 14.6. The number of rotatable bonds is 6. The number of hydrogen-bond donors (Lipinski definition) is 2. The van der Waals surface area contributed by atoms with Crippen molar-refractivity contribution in [3.8, 4) is 22.6 Å². The highest BCUT2D eigenvalue weighted by molar-refractivity contribution is 5.96. The molecule has 0 unspecified atom stereocenters. The second-order valence-electron chi connectivity index (χ2n) is 6.92. The van der Waals surface area contributed by atoms with E-state index in [0.717, 1.165) is 52.2 Å². The van der Waals surface area contributed by atoms with Gasteiger partial charge in [-0.25, -0.2) is 4.98 Å². The minimum absolute atomic E-state index is 0.634. The number of fused-ring (bicyclic) bond motifs is 1. The zero-order valence-corrected chi connectivity index (χ0v) is 14.6. The predicted molar refractivity (Wildman–Crippen MR) is 103 cm³/mol. The summed E-state index contributed by atoms with van der Waals surface area (Å²) in [5.41, 5.74) is 4.62. The van der Waals surface area contributed by atoms with Gasteiger partial charge in [0.05, 0.1) is 11.2 Å². The molecule has 1 fully saturated rings. The Labute approximate surface area is 155 Å². The van der Waals surface area contributed by atoms with Crippen LogP contribution in [0.4, 0.5) is 5.69 Å². The first-order valence-electron chi connectivity index (χ1n) is 8.98. The number of carbonyl (C=O) groups is 1. The average molecular weight is 358 g/mol. The maximum atomic E-state index is 11.5. The molecule has 2 aromatic heterocycles. The molecule has 4 aromatic rings. The normalized spacial score (nSPS) is 13.8. The SMILES string of the molecule is O=CN(CC1CC1)c1cccc(-c2n[nH]c3ccc(-c4ncn[nH]4)cc23)c1. The summed E-state index contributed by atoms with van der Waals surface area (Å²) in [5.74, 6) is 1.35. The maximum Gasteiger partial charge on any atom is 0.214 e. The molecule has 27 heavy (non-hydrogen) atoms. The van der Waals surface area contributed by atoms with E-state index < -0.39 is 0 Å². The van der Waals surface area contributed by atoms with Crippen LogP contribution in [0.5, 0.6) is 0 Å². The number of benzene rings is 2. The van der Waals surface area contributed by atoms with Crippen LogP contribution in [0.25, 0.3) is 33.5 Å². The van der Waals surface area contributed by atoms with Crippen molar-refractivity contribution in [3.63, 3.8) is 0 Å². The third-order valence-electron chi connectivity index (χ3n) is 4.98. The quantitative estimate of drug-likeness (QED) is 0.517. The minimum Gasteiger partial charge on any atom is -0.315 e. The molecular weight excluding hydrogens is 340 g/mol. The Morgan fingerprint density at radius 2 is 2.04 bits per heavy atom. The third kappa shape index (κ3) is 2.97. The van der Waals surface area contributed by atoms with E-state index in [4.69, 9.17) is 0 Å². The topological polar surface area (TPSA) is 90.6 Å².